The number of hydrogen-bond donors (Lipinski definition) is 1. The summed E-state index contributed by atoms with van der Waals surface area (Å²) in [5.41, 5.74) is 0.739. The van der Waals surface area contributed by atoms with Crippen molar-refractivity contribution in [3.05, 3.63) is 71.4 Å². The molecular formula is C17H14FN3O4S. The maximum absolute atomic E-state index is 12.9. The summed E-state index contributed by atoms with van der Waals surface area (Å²) in [4.78, 5) is 12.2. The minimum atomic E-state index is -3.57. The number of nitrogens with one attached hydrogen (secondary N) is 1. The molecule has 0 unspecified atom stereocenters. The summed E-state index contributed by atoms with van der Waals surface area (Å²) < 4.78 is 41.8. The lowest BCUT2D eigenvalue weighted by Gasteiger charge is -2.06. The van der Waals surface area contributed by atoms with Gasteiger partial charge >= 0.3 is 6.01 Å². The second kappa shape index (κ2) is 7.04. The van der Waals surface area contributed by atoms with Crippen LogP contribution in [0.2, 0.25) is 0 Å². The van der Waals surface area contributed by atoms with Gasteiger partial charge in [0, 0.05) is 6.26 Å². The molecule has 26 heavy (non-hydrogen) atoms. The highest BCUT2D eigenvalue weighted by molar-refractivity contribution is 7.90. The second-order valence-corrected chi connectivity index (χ2v) is 7.51. The fraction of sp³-hybridized carbons (Fsp3) is 0.118. The molecule has 1 heterocycles. The van der Waals surface area contributed by atoms with Crippen LogP contribution < -0.4 is 5.32 Å². The van der Waals surface area contributed by atoms with Crippen molar-refractivity contribution >= 4 is 21.8 Å². The van der Waals surface area contributed by atoms with E-state index in [0.717, 1.165) is 11.8 Å². The summed E-state index contributed by atoms with van der Waals surface area (Å²) in [6.45, 7) is 0. The Morgan fingerprint density at radius 2 is 1.81 bits per heavy atom. The Hall–Kier alpha value is -3.07. The zero-order valence-electron chi connectivity index (χ0n) is 13.6. The summed E-state index contributed by atoms with van der Waals surface area (Å²) in [7, 11) is -3.57. The normalized spacial score (nSPS) is 11.3. The van der Waals surface area contributed by atoms with Gasteiger partial charge in [0.05, 0.1) is 16.9 Å². The van der Waals surface area contributed by atoms with Gasteiger partial charge in [-0.3, -0.25) is 10.1 Å². The standard InChI is InChI=1S/C17H14FN3O4S/c1-26(23,24)14-5-3-2-4-13(14)16(22)19-17-21-20-15(25-17)10-11-6-8-12(18)9-7-11/h2-9H,10H2,1H3,(H,19,21,22). The van der Waals surface area contributed by atoms with E-state index in [1.165, 1.54) is 30.3 Å². The molecule has 3 aromatic rings. The van der Waals surface area contributed by atoms with Gasteiger partial charge in [0.2, 0.25) is 5.89 Å². The Balaban J connectivity index is 1.75. The Morgan fingerprint density at radius 1 is 1.12 bits per heavy atom. The van der Waals surface area contributed by atoms with E-state index in [2.05, 4.69) is 15.5 Å². The van der Waals surface area contributed by atoms with Crippen molar-refractivity contribution in [3.8, 4) is 0 Å². The van der Waals surface area contributed by atoms with Crippen LogP contribution in [0.5, 0.6) is 0 Å². The number of rotatable bonds is 5. The van der Waals surface area contributed by atoms with E-state index in [1.807, 2.05) is 0 Å². The lowest BCUT2D eigenvalue weighted by atomic mass is 10.1. The van der Waals surface area contributed by atoms with Gasteiger partial charge in [-0.1, -0.05) is 29.4 Å². The molecule has 0 spiro atoms. The molecule has 7 nitrogen and oxygen atoms in total. The van der Waals surface area contributed by atoms with E-state index >= 15 is 0 Å². The summed E-state index contributed by atoms with van der Waals surface area (Å²) in [5.74, 6) is -0.803. The number of hydrogen-bond acceptors (Lipinski definition) is 6. The quantitative estimate of drug-likeness (QED) is 0.735. The van der Waals surface area contributed by atoms with Crippen LogP contribution in [0.1, 0.15) is 21.8 Å². The highest BCUT2D eigenvalue weighted by Crippen LogP contribution is 2.18. The Bertz CT molecular complexity index is 1050. The van der Waals surface area contributed by atoms with Crippen LogP contribution in [-0.4, -0.2) is 30.8 Å². The highest BCUT2D eigenvalue weighted by Gasteiger charge is 2.20. The van der Waals surface area contributed by atoms with Crippen LogP contribution in [0.3, 0.4) is 0 Å². The summed E-state index contributed by atoms with van der Waals surface area (Å²) in [5, 5.41) is 9.91. The molecule has 0 saturated carbocycles. The van der Waals surface area contributed by atoms with Crippen LogP contribution in [0, 0.1) is 5.82 Å². The number of aromatic nitrogens is 2. The van der Waals surface area contributed by atoms with Gasteiger partial charge in [-0.15, -0.1) is 5.10 Å². The second-order valence-electron chi connectivity index (χ2n) is 5.53. The maximum atomic E-state index is 12.9. The predicted molar refractivity (Wildman–Crippen MR) is 91.0 cm³/mol. The van der Waals surface area contributed by atoms with Gasteiger partial charge in [-0.25, -0.2) is 12.8 Å². The Labute approximate surface area is 148 Å². The lowest BCUT2D eigenvalue weighted by Crippen LogP contribution is -2.16. The number of amides is 1. The molecule has 0 atom stereocenters. The van der Waals surface area contributed by atoms with Crippen molar-refractivity contribution in [1.82, 2.24) is 10.2 Å². The van der Waals surface area contributed by atoms with Crippen LogP contribution >= 0.6 is 0 Å². The molecule has 0 radical (unpaired) electrons. The minimum Gasteiger partial charge on any atom is -0.407 e. The fourth-order valence-electron chi connectivity index (χ4n) is 2.29. The molecular weight excluding hydrogens is 361 g/mol. The van der Waals surface area contributed by atoms with Crippen molar-refractivity contribution in [1.29, 1.82) is 0 Å². The van der Waals surface area contributed by atoms with Crippen LogP contribution in [0.15, 0.2) is 57.8 Å². The zero-order chi connectivity index (χ0) is 18.7. The number of halogens is 1. The van der Waals surface area contributed by atoms with E-state index < -0.39 is 15.7 Å². The SMILES string of the molecule is CS(=O)(=O)c1ccccc1C(=O)Nc1nnc(Cc2ccc(F)cc2)o1. The number of carbonyl (C=O) groups is 1. The summed E-state index contributed by atoms with van der Waals surface area (Å²) in [6, 6.07) is 11.5. The van der Waals surface area contributed by atoms with Crippen molar-refractivity contribution in [2.24, 2.45) is 0 Å². The minimum absolute atomic E-state index is 0.0201. The third kappa shape index (κ3) is 4.12. The third-order valence-electron chi connectivity index (χ3n) is 3.49. The van der Waals surface area contributed by atoms with E-state index in [4.69, 9.17) is 4.42 Å². The predicted octanol–water partition coefficient (Wildman–Crippen LogP) is 2.46. The molecule has 1 N–H and O–H groups in total. The summed E-state index contributed by atoms with van der Waals surface area (Å²) in [6.07, 6.45) is 1.29. The van der Waals surface area contributed by atoms with Gasteiger partial charge in [0.15, 0.2) is 9.84 Å². The van der Waals surface area contributed by atoms with E-state index in [9.17, 15) is 17.6 Å². The Kier molecular flexibility index (Phi) is 4.81. The molecule has 0 aliphatic heterocycles. The Morgan fingerprint density at radius 3 is 2.50 bits per heavy atom. The van der Waals surface area contributed by atoms with Gasteiger partial charge in [-0.2, -0.15) is 0 Å². The molecule has 9 heteroatoms. The van der Waals surface area contributed by atoms with E-state index in [-0.39, 0.29) is 34.6 Å². The molecule has 3 rings (SSSR count). The molecule has 0 fully saturated rings. The van der Waals surface area contributed by atoms with Crippen LogP contribution in [0.4, 0.5) is 10.4 Å². The van der Waals surface area contributed by atoms with Gasteiger partial charge in [0.1, 0.15) is 5.82 Å². The molecule has 134 valence electrons. The van der Waals surface area contributed by atoms with Gasteiger partial charge in [-0.05, 0) is 29.8 Å². The first-order valence-corrected chi connectivity index (χ1v) is 9.39. The summed E-state index contributed by atoms with van der Waals surface area (Å²) >= 11 is 0. The number of anilines is 1. The molecule has 0 saturated heterocycles. The van der Waals surface area contributed by atoms with Crippen LogP contribution in [-0.2, 0) is 16.3 Å². The molecule has 0 aliphatic rings. The average molecular weight is 375 g/mol. The van der Waals surface area contributed by atoms with Crippen molar-refractivity contribution in [3.63, 3.8) is 0 Å². The molecule has 1 amide bonds. The lowest BCUT2D eigenvalue weighted by molar-refractivity contribution is 0.102. The molecule has 0 bridgehead atoms. The topological polar surface area (TPSA) is 102 Å². The number of carbonyl (C=O) groups excluding carboxylic acids is 1. The average Bonchev–Trinajstić information content (AvgIpc) is 3.03. The maximum Gasteiger partial charge on any atom is 0.322 e. The van der Waals surface area contributed by atoms with Gasteiger partial charge in [0.25, 0.3) is 5.91 Å². The zero-order valence-corrected chi connectivity index (χ0v) is 14.5. The number of benzene rings is 2. The first kappa shape index (κ1) is 17.7. The van der Waals surface area contributed by atoms with Crippen molar-refractivity contribution in [2.75, 3.05) is 11.6 Å². The smallest absolute Gasteiger partial charge is 0.322 e. The highest BCUT2D eigenvalue weighted by atomic mass is 32.2. The fourth-order valence-corrected chi connectivity index (χ4v) is 3.18. The van der Waals surface area contributed by atoms with Gasteiger partial charge < -0.3 is 4.42 Å². The largest absolute Gasteiger partial charge is 0.407 e. The van der Waals surface area contributed by atoms with E-state index in [0.29, 0.717) is 0 Å². The number of nitrogens with zero attached hydrogens (tertiary/aromatic N) is 2. The third-order valence-corrected chi connectivity index (χ3v) is 4.64. The van der Waals surface area contributed by atoms with E-state index in [1.54, 1.807) is 18.2 Å². The molecule has 1 aromatic heterocycles. The van der Waals surface area contributed by atoms with Crippen molar-refractivity contribution < 1.29 is 22.0 Å². The number of sulfone groups is 1. The molecule has 2 aromatic carbocycles. The van der Waals surface area contributed by atoms with Crippen LogP contribution in [0.25, 0.3) is 0 Å². The first-order chi connectivity index (χ1) is 12.3. The molecule has 0 aliphatic carbocycles. The monoisotopic (exact) mass is 375 g/mol. The van der Waals surface area contributed by atoms with Crippen molar-refractivity contribution in [2.45, 2.75) is 11.3 Å². The first-order valence-electron chi connectivity index (χ1n) is 7.50.